The summed E-state index contributed by atoms with van der Waals surface area (Å²) in [6.45, 7) is 3.58. The predicted octanol–water partition coefficient (Wildman–Crippen LogP) is 2.19. The van der Waals surface area contributed by atoms with Gasteiger partial charge in [-0.05, 0) is 37.3 Å². The fraction of sp³-hybridized carbons (Fsp3) is 0.625. The maximum absolute atomic E-state index is 12.9. The molecule has 2 aromatic heterocycles. The van der Waals surface area contributed by atoms with Gasteiger partial charge in [-0.3, -0.25) is 24.0 Å². The van der Waals surface area contributed by atoms with Crippen LogP contribution in [0.5, 0.6) is 0 Å². The maximum Gasteiger partial charge on any atom is 0.490 e. The normalized spacial score (nSPS) is 22.4. The van der Waals surface area contributed by atoms with Crippen LogP contribution in [-0.2, 0) is 35.8 Å². The van der Waals surface area contributed by atoms with Crippen molar-refractivity contribution >= 4 is 5.97 Å². The van der Waals surface area contributed by atoms with Gasteiger partial charge in [-0.1, -0.05) is 25.3 Å². The molecule has 1 saturated carbocycles. The monoisotopic (exact) mass is 525 g/mol. The highest BCUT2D eigenvalue weighted by Crippen LogP contribution is 2.32. The molecule has 5 rings (SSSR count). The van der Waals surface area contributed by atoms with Crippen LogP contribution in [0.25, 0.3) is 0 Å². The van der Waals surface area contributed by atoms with Gasteiger partial charge in [0.05, 0.1) is 12.2 Å². The summed E-state index contributed by atoms with van der Waals surface area (Å²) in [7, 11) is 0. The Morgan fingerprint density at radius 1 is 1.14 bits per heavy atom. The van der Waals surface area contributed by atoms with E-state index < -0.39 is 28.9 Å². The molecular formula is C24H30F3N5O5. The van der Waals surface area contributed by atoms with E-state index in [1.807, 2.05) is 18.2 Å². The molecule has 0 bridgehead atoms. The number of nitrogens with zero attached hydrogens (tertiary/aromatic N) is 5. The third-order valence-corrected chi connectivity index (χ3v) is 7.07. The summed E-state index contributed by atoms with van der Waals surface area (Å²) in [5.74, 6) is -1.74. The lowest BCUT2D eigenvalue weighted by Crippen LogP contribution is -2.53. The molecule has 4 heterocycles. The van der Waals surface area contributed by atoms with Crippen LogP contribution in [0.15, 0.2) is 34.0 Å². The molecular weight excluding hydrogens is 495 g/mol. The average Bonchev–Trinajstić information content (AvgIpc) is 3.25. The standard InChI is InChI=1S/C22H29N5O3.C2HF3O2/c28-20-21(29)27(12-17-6-2-1-3-7-17)24-19-14-30-22(16-26(19)20)9-11-25(15-22)13-18-8-4-5-10-23-18;3-2(4,5)1(6)7/h4-5,8,10,17H,1-3,6-7,9,11-16H2;(H,6,7). The Morgan fingerprint density at radius 3 is 2.51 bits per heavy atom. The molecule has 2 aliphatic heterocycles. The molecule has 13 heteroatoms. The van der Waals surface area contributed by atoms with Gasteiger partial charge in [0.2, 0.25) is 0 Å². The van der Waals surface area contributed by atoms with Gasteiger partial charge in [-0.25, -0.2) is 9.48 Å². The highest BCUT2D eigenvalue weighted by Gasteiger charge is 2.43. The van der Waals surface area contributed by atoms with E-state index in [0.717, 1.165) is 44.6 Å². The molecule has 0 radical (unpaired) electrons. The first-order chi connectivity index (χ1) is 17.6. The SMILES string of the molecule is O=C(O)C(F)(F)F.O=c1c(=O)n2c(nn1CC1CCCCC1)COC1(CCN(Cc3ccccn3)C1)C2. The number of aliphatic carboxylic acids is 1. The minimum Gasteiger partial charge on any atom is -0.475 e. The van der Waals surface area contributed by atoms with Crippen molar-refractivity contribution in [2.45, 2.75) is 76.5 Å². The number of carboxylic acids is 1. The first-order valence-electron chi connectivity index (χ1n) is 12.3. The number of hydrogen-bond acceptors (Lipinski definition) is 7. The number of aromatic nitrogens is 4. The third-order valence-electron chi connectivity index (χ3n) is 7.07. The zero-order chi connectivity index (χ0) is 26.6. The number of pyridine rings is 1. The van der Waals surface area contributed by atoms with Crippen LogP contribution in [0.3, 0.4) is 0 Å². The zero-order valence-corrected chi connectivity index (χ0v) is 20.3. The fourth-order valence-electron chi connectivity index (χ4n) is 5.17. The predicted molar refractivity (Wildman–Crippen MR) is 125 cm³/mol. The molecule has 1 spiro atoms. The number of rotatable bonds is 4. The molecule has 2 fully saturated rings. The summed E-state index contributed by atoms with van der Waals surface area (Å²) >= 11 is 0. The van der Waals surface area contributed by atoms with Crippen molar-refractivity contribution in [1.82, 2.24) is 24.2 Å². The highest BCUT2D eigenvalue weighted by molar-refractivity contribution is 5.73. The lowest BCUT2D eigenvalue weighted by atomic mass is 9.89. The van der Waals surface area contributed by atoms with Crippen molar-refractivity contribution in [1.29, 1.82) is 0 Å². The Kier molecular flexibility index (Phi) is 8.12. The highest BCUT2D eigenvalue weighted by atomic mass is 19.4. The van der Waals surface area contributed by atoms with Gasteiger partial charge < -0.3 is 9.84 Å². The van der Waals surface area contributed by atoms with E-state index >= 15 is 0 Å². The smallest absolute Gasteiger partial charge is 0.475 e. The second-order valence-electron chi connectivity index (χ2n) is 9.86. The molecule has 10 nitrogen and oxygen atoms in total. The van der Waals surface area contributed by atoms with Crippen LogP contribution >= 0.6 is 0 Å². The fourth-order valence-corrected chi connectivity index (χ4v) is 5.17. The second kappa shape index (κ2) is 11.1. The second-order valence-corrected chi connectivity index (χ2v) is 9.86. The molecule has 0 amide bonds. The number of hydrogen-bond donors (Lipinski definition) is 1. The van der Waals surface area contributed by atoms with Crippen LogP contribution in [0.4, 0.5) is 13.2 Å². The van der Waals surface area contributed by atoms with Crippen molar-refractivity contribution in [2.75, 3.05) is 13.1 Å². The van der Waals surface area contributed by atoms with E-state index in [2.05, 4.69) is 15.0 Å². The lowest BCUT2D eigenvalue weighted by molar-refractivity contribution is -0.192. The van der Waals surface area contributed by atoms with Crippen molar-refractivity contribution in [3.63, 3.8) is 0 Å². The Balaban J connectivity index is 0.000000405. The largest absolute Gasteiger partial charge is 0.490 e. The Hall–Kier alpha value is -3.06. The molecule has 1 saturated heterocycles. The van der Waals surface area contributed by atoms with E-state index in [9.17, 15) is 22.8 Å². The molecule has 1 unspecified atom stereocenters. The van der Waals surface area contributed by atoms with Gasteiger partial charge in [0.15, 0.2) is 5.82 Å². The number of carboxylic acid groups (broad SMARTS) is 1. The number of carbonyl (C=O) groups is 1. The van der Waals surface area contributed by atoms with Crippen molar-refractivity contribution in [3.8, 4) is 0 Å². The zero-order valence-electron chi connectivity index (χ0n) is 20.3. The summed E-state index contributed by atoms with van der Waals surface area (Å²) < 4.78 is 41.0. The Bertz CT molecular complexity index is 1210. The molecule has 1 aliphatic carbocycles. The van der Waals surface area contributed by atoms with E-state index in [0.29, 0.717) is 24.8 Å². The van der Waals surface area contributed by atoms with Gasteiger partial charge in [0, 0.05) is 32.4 Å². The van der Waals surface area contributed by atoms with Gasteiger partial charge in [-0.2, -0.15) is 18.3 Å². The molecule has 0 aromatic carbocycles. The van der Waals surface area contributed by atoms with Crippen LogP contribution < -0.4 is 11.1 Å². The number of halogens is 3. The molecule has 1 atom stereocenters. The van der Waals surface area contributed by atoms with Crippen molar-refractivity contribution < 1.29 is 27.8 Å². The van der Waals surface area contributed by atoms with Gasteiger partial charge >= 0.3 is 23.3 Å². The molecule has 1 N–H and O–H groups in total. The topological polar surface area (TPSA) is 120 Å². The van der Waals surface area contributed by atoms with Gasteiger partial charge in [0.25, 0.3) is 0 Å². The molecule has 3 aliphatic rings. The van der Waals surface area contributed by atoms with Crippen molar-refractivity contribution in [3.05, 3.63) is 56.6 Å². The van der Waals surface area contributed by atoms with Crippen LogP contribution in [0.1, 0.15) is 50.0 Å². The minimum absolute atomic E-state index is 0.275. The summed E-state index contributed by atoms with van der Waals surface area (Å²) in [5, 5.41) is 11.7. The summed E-state index contributed by atoms with van der Waals surface area (Å²) in [6.07, 6.45) is 3.43. The number of fused-ring (bicyclic) bond motifs is 1. The van der Waals surface area contributed by atoms with E-state index in [4.69, 9.17) is 14.6 Å². The van der Waals surface area contributed by atoms with E-state index in [1.54, 1.807) is 10.8 Å². The molecule has 2 aromatic rings. The van der Waals surface area contributed by atoms with E-state index in [-0.39, 0.29) is 6.61 Å². The molecule has 37 heavy (non-hydrogen) atoms. The Labute approximate surface area is 210 Å². The quantitative estimate of drug-likeness (QED) is 0.604. The number of ether oxygens (including phenoxy) is 1. The van der Waals surface area contributed by atoms with Crippen LogP contribution in [0, 0.1) is 5.92 Å². The van der Waals surface area contributed by atoms with Crippen LogP contribution in [0.2, 0.25) is 0 Å². The lowest BCUT2D eigenvalue weighted by Gasteiger charge is -2.35. The average molecular weight is 526 g/mol. The summed E-state index contributed by atoms with van der Waals surface area (Å²) in [6, 6.07) is 5.92. The van der Waals surface area contributed by atoms with Gasteiger partial charge in [0.1, 0.15) is 12.2 Å². The first-order valence-corrected chi connectivity index (χ1v) is 12.3. The van der Waals surface area contributed by atoms with Crippen LogP contribution in [-0.4, -0.2) is 60.2 Å². The van der Waals surface area contributed by atoms with Gasteiger partial charge in [-0.15, -0.1) is 0 Å². The number of likely N-dealkylation sites (tertiary alicyclic amines) is 1. The number of alkyl halides is 3. The molecule has 202 valence electrons. The van der Waals surface area contributed by atoms with Crippen molar-refractivity contribution in [2.24, 2.45) is 5.92 Å². The first kappa shape index (κ1) is 27.0. The summed E-state index contributed by atoms with van der Waals surface area (Å²) in [4.78, 5) is 41.2. The maximum atomic E-state index is 12.9. The summed E-state index contributed by atoms with van der Waals surface area (Å²) in [5.41, 5.74) is -0.364. The third kappa shape index (κ3) is 6.63. The minimum atomic E-state index is -5.08. The Morgan fingerprint density at radius 2 is 1.86 bits per heavy atom. The van der Waals surface area contributed by atoms with E-state index in [1.165, 1.54) is 23.9 Å².